The van der Waals surface area contributed by atoms with Crippen LogP contribution in [-0.2, 0) is 16.0 Å². The number of thioether (sulfide) groups is 1. The molecule has 1 aromatic rings. The number of hydrogen-bond donors (Lipinski definition) is 3. The van der Waals surface area contributed by atoms with Gasteiger partial charge in [-0.3, -0.25) is 14.6 Å². The first-order valence-electron chi connectivity index (χ1n) is 5.40. The number of aliphatic carboxylic acids is 1. The number of nitrogens with zero attached hydrogens (tertiary/aromatic N) is 1. The minimum Gasteiger partial charge on any atom is -0.480 e. The van der Waals surface area contributed by atoms with Gasteiger partial charge in [0, 0.05) is 17.5 Å². The third-order valence-corrected chi connectivity index (χ3v) is 3.66. The lowest BCUT2D eigenvalue weighted by molar-refractivity contribution is -0.147. The summed E-state index contributed by atoms with van der Waals surface area (Å²) in [5.74, 6) is -0.854. The van der Waals surface area contributed by atoms with E-state index in [-0.39, 0.29) is 12.1 Å². The van der Waals surface area contributed by atoms with Crippen LogP contribution in [0.5, 0.6) is 0 Å². The van der Waals surface area contributed by atoms with Crippen LogP contribution in [0.15, 0.2) is 15.7 Å². The van der Waals surface area contributed by atoms with Crippen molar-refractivity contribution in [1.82, 2.24) is 14.9 Å². The van der Waals surface area contributed by atoms with Crippen molar-refractivity contribution in [2.75, 3.05) is 11.6 Å². The average Bonchev–Trinajstić information content (AvgIpc) is 2.75. The van der Waals surface area contributed by atoms with Crippen molar-refractivity contribution in [1.29, 1.82) is 0 Å². The lowest BCUT2D eigenvalue weighted by atomic mass is 10.2. The fourth-order valence-corrected chi connectivity index (χ4v) is 2.94. The Morgan fingerprint density at radius 3 is 2.79 bits per heavy atom. The first kappa shape index (κ1) is 13.4. The van der Waals surface area contributed by atoms with Crippen LogP contribution in [0.2, 0.25) is 0 Å². The van der Waals surface area contributed by atoms with E-state index in [2.05, 4.69) is 4.98 Å². The number of rotatable bonds is 3. The van der Waals surface area contributed by atoms with E-state index in [1.807, 2.05) is 4.98 Å². The van der Waals surface area contributed by atoms with Crippen molar-refractivity contribution in [3.8, 4) is 0 Å². The highest BCUT2D eigenvalue weighted by molar-refractivity contribution is 7.99. The molecule has 8 nitrogen and oxygen atoms in total. The Labute approximate surface area is 110 Å². The normalized spacial score (nSPS) is 18.5. The van der Waals surface area contributed by atoms with Gasteiger partial charge in [-0.2, -0.15) is 0 Å². The Morgan fingerprint density at radius 2 is 2.16 bits per heavy atom. The largest absolute Gasteiger partial charge is 0.480 e. The molecule has 1 fully saturated rings. The number of aromatic nitrogens is 2. The van der Waals surface area contributed by atoms with Crippen LogP contribution in [-0.4, -0.2) is 49.5 Å². The maximum absolute atomic E-state index is 12.0. The Hall–Kier alpha value is -2.03. The van der Waals surface area contributed by atoms with Crippen LogP contribution in [0.3, 0.4) is 0 Å². The SMILES string of the molecule is O=C(O)C1CSCN1C(=O)Cc1cc(=O)[nH]c(=O)[nH]1. The van der Waals surface area contributed by atoms with Crippen molar-refractivity contribution >= 4 is 23.6 Å². The predicted octanol–water partition coefficient (Wildman–Crippen LogP) is -1.41. The second-order valence-electron chi connectivity index (χ2n) is 4.01. The Kier molecular flexibility index (Phi) is 3.74. The second-order valence-corrected chi connectivity index (χ2v) is 5.01. The summed E-state index contributed by atoms with van der Waals surface area (Å²) >= 11 is 1.35. The monoisotopic (exact) mass is 285 g/mol. The molecule has 2 heterocycles. The molecule has 0 saturated carbocycles. The van der Waals surface area contributed by atoms with Crippen LogP contribution in [0, 0.1) is 0 Å². The molecule has 0 radical (unpaired) electrons. The molecule has 0 aliphatic carbocycles. The van der Waals surface area contributed by atoms with Crippen molar-refractivity contribution in [3.05, 3.63) is 32.6 Å². The van der Waals surface area contributed by atoms with Gasteiger partial charge in [0.2, 0.25) is 5.91 Å². The Morgan fingerprint density at radius 1 is 1.42 bits per heavy atom. The zero-order chi connectivity index (χ0) is 14.0. The number of nitrogens with one attached hydrogen (secondary N) is 2. The van der Waals surface area contributed by atoms with E-state index in [4.69, 9.17) is 5.11 Å². The topological polar surface area (TPSA) is 123 Å². The number of aromatic amines is 2. The van der Waals surface area contributed by atoms with Crippen LogP contribution in [0.1, 0.15) is 5.69 Å². The van der Waals surface area contributed by atoms with Crippen LogP contribution >= 0.6 is 11.8 Å². The van der Waals surface area contributed by atoms with Gasteiger partial charge in [-0.15, -0.1) is 11.8 Å². The predicted molar refractivity (Wildman–Crippen MR) is 67.0 cm³/mol. The third-order valence-electron chi connectivity index (χ3n) is 2.65. The van der Waals surface area contributed by atoms with E-state index in [0.29, 0.717) is 11.6 Å². The number of carboxylic acids is 1. The molecule has 2 rings (SSSR count). The summed E-state index contributed by atoms with van der Waals surface area (Å²) < 4.78 is 0. The second kappa shape index (κ2) is 5.31. The lowest BCUT2D eigenvalue weighted by Gasteiger charge is -2.20. The molecule has 1 aliphatic heterocycles. The molecule has 1 saturated heterocycles. The summed E-state index contributed by atoms with van der Waals surface area (Å²) in [4.78, 5) is 50.6. The number of H-pyrrole nitrogens is 2. The summed E-state index contributed by atoms with van der Waals surface area (Å²) in [5.41, 5.74) is -1.13. The van der Waals surface area contributed by atoms with Gasteiger partial charge >= 0.3 is 11.7 Å². The van der Waals surface area contributed by atoms with Gasteiger partial charge < -0.3 is 15.0 Å². The minimum absolute atomic E-state index is 0.166. The van der Waals surface area contributed by atoms with Crippen LogP contribution in [0.25, 0.3) is 0 Å². The van der Waals surface area contributed by atoms with Gasteiger partial charge in [-0.05, 0) is 0 Å². The molecular weight excluding hydrogens is 274 g/mol. The maximum Gasteiger partial charge on any atom is 0.327 e. The fraction of sp³-hybridized carbons (Fsp3) is 0.400. The molecule has 102 valence electrons. The van der Waals surface area contributed by atoms with Gasteiger partial charge in [0.15, 0.2) is 0 Å². The molecule has 0 bridgehead atoms. The summed E-state index contributed by atoms with van der Waals surface area (Å²) in [6.45, 7) is 0. The quantitative estimate of drug-likeness (QED) is 0.627. The van der Waals surface area contributed by atoms with Crippen molar-refractivity contribution in [2.24, 2.45) is 0 Å². The summed E-state index contributed by atoms with van der Waals surface area (Å²) in [5, 5.41) is 8.97. The number of carbonyl (C=O) groups excluding carboxylic acids is 1. The Balaban J connectivity index is 2.14. The van der Waals surface area contributed by atoms with E-state index < -0.39 is 29.2 Å². The molecule has 9 heteroatoms. The molecule has 1 amide bonds. The lowest BCUT2D eigenvalue weighted by Crippen LogP contribution is -2.42. The maximum atomic E-state index is 12.0. The summed E-state index contributed by atoms with van der Waals surface area (Å²) in [6, 6.07) is 0.254. The van der Waals surface area contributed by atoms with Gasteiger partial charge in [0.1, 0.15) is 6.04 Å². The highest BCUT2D eigenvalue weighted by Gasteiger charge is 2.34. The van der Waals surface area contributed by atoms with E-state index in [9.17, 15) is 19.2 Å². The van der Waals surface area contributed by atoms with Gasteiger partial charge in [-0.1, -0.05) is 0 Å². The van der Waals surface area contributed by atoms with Crippen LogP contribution < -0.4 is 11.2 Å². The molecule has 0 spiro atoms. The number of carboxylic acid groups (broad SMARTS) is 1. The molecule has 3 N–H and O–H groups in total. The standard InChI is InChI=1S/C10H11N3O5S/c14-7-1-5(11-10(18)12-7)2-8(15)13-4-19-3-6(13)9(16)17/h1,6H,2-4H2,(H,16,17)(H2,11,12,14,18). The van der Waals surface area contributed by atoms with Gasteiger partial charge in [0.25, 0.3) is 5.56 Å². The molecule has 19 heavy (non-hydrogen) atoms. The third kappa shape index (κ3) is 3.05. The van der Waals surface area contributed by atoms with E-state index in [1.54, 1.807) is 0 Å². The Bertz CT molecular complexity index is 594. The van der Waals surface area contributed by atoms with E-state index >= 15 is 0 Å². The number of hydrogen-bond acceptors (Lipinski definition) is 5. The summed E-state index contributed by atoms with van der Waals surface area (Å²) in [7, 11) is 0. The highest BCUT2D eigenvalue weighted by atomic mass is 32.2. The van der Waals surface area contributed by atoms with E-state index in [0.717, 1.165) is 6.07 Å². The average molecular weight is 285 g/mol. The number of carbonyl (C=O) groups is 2. The highest BCUT2D eigenvalue weighted by Crippen LogP contribution is 2.21. The molecule has 0 aromatic carbocycles. The van der Waals surface area contributed by atoms with Gasteiger partial charge in [0.05, 0.1) is 12.3 Å². The van der Waals surface area contributed by atoms with Crippen molar-refractivity contribution < 1.29 is 14.7 Å². The molecule has 1 unspecified atom stereocenters. The smallest absolute Gasteiger partial charge is 0.327 e. The zero-order valence-electron chi connectivity index (χ0n) is 9.71. The van der Waals surface area contributed by atoms with Gasteiger partial charge in [-0.25, -0.2) is 9.59 Å². The first-order chi connectivity index (χ1) is 8.97. The number of amides is 1. The molecular formula is C10H11N3O5S. The summed E-state index contributed by atoms with van der Waals surface area (Å²) in [6.07, 6.45) is -0.205. The molecule has 1 atom stereocenters. The van der Waals surface area contributed by atoms with Crippen LogP contribution in [0.4, 0.5) is 0 Å². The van der Waals surface area contributed by atoms with Crippen molar-refractivity contribution in [2.45, 2.75) is 12.5 Å². The fourth-order valence-electron chi connectivity index (χ4n) is 1.77. The van der Waals surface area contributed by atoms with Crippen molar-refractivity contribution in [3.63, 3.8) is 0 Å². The minimum atomic E-state index is -1.06. The van der Waals surface area contributed by atoms with E-state index in [1.165, 1.54) is 16.7 Å². The first-order valence-corrected chi connectivity index (χ1v) is 6.55. The molecule has 1 aliphatic rings. The zero-order valence-corrected chi connectivity index (χ0v) is 10.5. The molecule has 1 aromatic heterocycles.